The number of nitrogens with zero attached hydrogens (tertiary/aromatic N) is 3. The van der Waals surface area contributed by atoms with Crippen molar-refractivity contribution < 1.29 is 14.6 Å². The number of carbonyl (C=O) groups excluding carboxylic acids is 1. The molecule has 0 saturated carbocycles. The van der Waals surface area contributed by atoms with Crippen LogP contribution in [0.5, 0.6) is 11.5 Å². The lowest BCUT2D eigenvalue weighted by atomic mass is 10.1. The molecule has 32 heavy (non-hydrogen) atoms. The third-order valence-electron chi connectivity index (χ3n) is 5.57. The van der Waals surface area contributed by atoms with Gasteiger partial charge < -0.3 is 14.7 Å². The van der Waals surface area contributed by atoms with Gasteiger partial charge in [-0.05, 0) is 109 Å². The summed E-state index contributed by atoms with van der Waals surface area (Å²) >= 11 is 3.42. The highest BCUT2D eigenvalue weighted by Gasteiger charge is 2.32. The maximum Gasteiger partial charge on any atom is 0.266 e. The average Bonchev–Trinajstić information content (AvgIpc) is 3.10. The number of halogens is 1. The Morgan fingerprint density at radius 3 is 2.56 bits per heavy atom. The zero-order valence-electron chi connectivity index (χ0n) is 18.2. The van der Waals surface area contributed by atoms with Crippen LogP contribution >= 0.6 is 34.4 Å². The predicted molar refractivity (Wildman–Crippen MR) is 140 cm³/mol. The molecule has 2 aliphatic rings. The Kier molecular flexibility index (Phi) is 7.30. The number of aromatic hydroxyl groups is 1. The third-order valence-corrected chi connectivity index (χ3v) is 7.40. The molecule has 0 spiro atoms. The van der Waals surface area contributed by atoms with Crippen LogP contribution < -0.4 is 9.64 Å². The number of amidine groups is 1. The van der Waals surface area contributed by atoms with Crippen LogP contribution in [0.3, 0.4) is 0 Å². The van der Waals surface area contributed by atoms with Crippen molar-refractivity contribution in [3.63, 3.8) is 0 Å². The molecule has 0 radical (unpaired) electrons. The zero-order valence-corrected chi connectivity index (χ0v) is 21.1. The Morgan fingerprint density at radius 1 is 1.19 bits per heavy atom. The van der Waals surface area contributed by atoms with Gasteiger partial charge in [0.15, 0.2) is 16.7 Å². The van der Waals surface area contributed by atoms with Gasteiger partial charge >= 0.3 is 0 Å². The van der Waals surface area contributed by atoms with E-state index < -0.39 is 0 Å². The molecule has 2 saturated heterocycles. The number of benzene rings is 2. The molecule has 1 N–H and O–H groups in total. The van der Waals surface area contributed by atoms with E-state index in [2.05, 4.69) is 39.6 Å². The first kappa shape index (κ1) is 23.0. The van der Waals surface area contributed by atoms with Gasteiger partial charge in [0, 0.05) is 25.3 Å². The van der Waals surface area contributed by atoms with Gasteiger partial charge in [-0.2, -0.15) is 0 Å². The van der Waals surface area contributed by atoms with Crippen LogP contribution in [0.25, 0.3) is 6.08 Å². The number of anilines is 1. The van der Waals surface area contributed by atoms with Crippen molar-refractivity contribution in [3.05, 3.63) is 50.4 Å². The number of aliphatic imine (C=N–C) groups is 1. The Hall–Kier alpha value is -2.20. The second-order valence-corrected chi connectivity index (χ2v) is 9.84. The van der Waals surface area contributed by atoms with E-state index >= 15 is 0 Å². The number of amides is 1. The molecule has 0 unspecified atom stereocenters. The lowest BCUT2D eigenvalue weighted by Crippen LogP contribution is -2.29. The standard InChI is InChI=1S/C24H26IN3O3S/c1-3-28-23(30)21(15-16-13-19(25)22(29)20(14-16)31-2)32-24(28)26-17-7-9-18(10-8-17)27-11-5-4-6-12-27/h7-10,13-15,29H,3-6,11-12H2,1-2H3/b21-15-,26-24?. The summed E-state index contributed by atoms with van der Waals surface area (Å²) in [5, 5.41) is 10.7. The molecule has 2 fully saturated rings. The molecule has 168 valence electrons. The number of likely N-dealkylation sites (N-methyl/N-ethyl adjacent to an activating group) is 1. The smallest absolute Gasteiger partial charge is 0.266 e. The number of rotatable bonds is 5. The molecule has 2 aromatic carbocycles. The molecule has 0 aromatic heterocycles. The number of hydrogen-bond acceptors (Lipinski definition) is 6. The monoisotopic (exact) mass is 563 g/mol. The molecule has 4 rings (SSSR count). The normalized spacial score (nSPS) is 19.3. The van der Waals surface area contributed by atoms with Crippen molar-refractivity contribution in [2.45, 2.75) is 26.2 Å². The minimum absolute atomic E-state index is 0.0664. The highest BCUT2D eigenvalue weighted by molar-refractivity contribution is 14.1. The van der Waals surface area contributed by atoms with Crippen molar-refractivity contribution in [2.75, 3.05) is 31.6 Å². The van der Waals surface area contributed by atoms with Gasteiger partial charge in [0.1, 0.15) is 0 Å². The summed E-state index contributed by atoms with van der Waals surface area (Å²) < 4.78 is 5.91. The largest absolute Gasteiger partial charge is 0.504 e. The first-order valence-electron chi connectivity index (χ1n) is 10.7. The number of ether oxygens (including phenoxy) is 1. The Bertz CT molecular complexity index is 1060. The van der Waals surface area contributed by atoms with Crippen LogP contribution in [0.2, 0.25) is 0 Å². The summed E-state index contributed by atoms with van der Waals surface area (Å²) in [5.41, 5.74) is 2.86. The average molecular weight is 563 g/mol. The van der Waals surface area contributed by atoms with Crippen LogP contribution in [0.15, 0.2) is 46.3 Å². The second-order valence-electron chi connectivity index (χ2n) is 7.67. The van der Waals surface area contributed by atoms with E-state index in [1.165, 1.54) is 43.8 Å². The van der Waals surface area contributed by atoms with Crippen molar-refractivity contribution in [2.24, 2.45) is 4.99 Å². The summed E-state index contributed by atoms with van der Waals surface area (Å²) in [6.45, 7) is 4.71. The van der Waals surface area contributed by atoms with Gasteiger partial charge in [0.25, 0.3) is 5.91 Å². The van der Waals surface area contributed by atoms with Crippen LogP contribution in [0.1, 0.15) is 31.7 Å². The molecular formula is C24H26IN3O3S. The van der Waals surface area contributed by atoms with Crippen LogP contribution in [-0.2, 0) is 4.79 Å². The number of methoxy groups -OCH3 is 1. The molecule has 2 aliphatic heterocycles. The molecule has 1 amide bonds. The third kappa shape index (κ3) is 4.91. The number of phenols is 1. The summed E-state index contributed by atoms with van der Waals surface area (Å²) in [7, 11) is 1.51. The lowest BCUT2D eigenvalue weighted by molar-refractivity contribution is -0.122. The molecule has 2 heterocycles. The van der Waals surface area contributed by atoms with Crippen LogP contribution in [0, 0.1) is 3.57 Å². The Balaban J connectivity index is 1.57. The van der Waals surface area contributed by atoms with Crippen molar-refractivity contribution in [1.82, 2.24) is 4.90 Å². The zero-order chi connectivity index (χ0) is 22.7. The minimum atomic E-state index is -0.0664. The Labute approximate surface area is 206 Å². The first-order chi connectivity index (χ1) is 15.5. The van der Waals surface area contributed by atoms with Gasteiger partial charge in [-0.25, -0.2) is 4.99 Å². The van der Waals surface area contributed by atoms with Gasteiger partial charge in [-0.1, -0.05) is 0 Å². The molecular weight excluding hydrogens is 537 g/mol. The fourth-order valence-electron chi connectivity index (χ4n) is 3.85. The van der Waals surface area contributed by atoms with E-state index in [1.54, 1.807) is 11.0 Å². The van der Waals surface area contributed by atoms with Crippen molar-refractivity contribution >= 4 is 62.9 Å². The quantitative estimate of drug-likeness (QED) is 0.378. The van der Waals surface area contributed by atoms with Crippen molar-refractivity contribution in [3.8, 4) is 11.5 Å². The molecule has 0 bridgehead atoms. The van der Waals surface area contributed by atoms with Gasteiger partial charge in [-0.15, -0.1) is 0 Å². The molecule has 0 aliphatic carbocycles. The molecule has 8 heteroatoms. The lowest BCUT2D eigenvalue weighted by Gasteiger charge is -2.28. The summed E-state index contributed by atoms with van der Waals surface area (Å²) in [6, 6.07) is 11.8. The van der Waals surface area contributed by atoms with E-state index in [9.17, 15) is 9.90 Å². The topological polar surface area (TPSA) is 65.4 Å². The van der Waals surface area contributed by atoms with Gasteiger partial charge in [0.2, 0.25) is 0 Å². The summed E-state index contributed by atoms with van der Waals surface area (Å²) in [6.07, 6.45) is 5.62. The number of hydrogen-bond donors (Lipinski definition) is 1. The van der Waals surface area contributed by atoms with E-state index in [0.29, 0.717) is 25.9 Å². The number of phenolic OH excluding ortho intramolecular Hbond substituents is 1. The van der Waals surface area contributed by atoms with Gasteiger partial charge in [-0.3, -0.25) is 9.69 Å². The Morgan fingerprint density at radius 2 is 1.91 bits per heavy atom. The SMILES string of the molecule is CCN1C(=O)/C(=C/c2cc(I)c(O)c(OC)c2)SC1=Nc1ccc(N2CCCCC2)cc1. The number of thioether (sulfide) groups is 1. The first-order valence-corrected chi connectivity index (χ1v) is 12.6. The second kappa shape index (κ2) is 10.2. The molecule has 2 aromatic rings. The summed E-state index contributed by atoms with van der Waals surface area (Å²) in [5.74, 6) is 0.420. The number of carbonyl (C=O) groups is 1. The highest BCUT2D eigenvalue weighted by Crippen LogP contribution is 2.37. The minimum Gasteiger partial charge on any atom is -0.504 e. The van der Waals surface area contributed by atoms with Gasteiger partial charge in [0.05, 0.1) is 21.3 Å². The fraction of sp³-hybridized carbons (Fsp3) is 0.333. The van der Waals surface area contributed by atoms with E-state index in [-0.39, 0.29) is 11.7 Å². The van der Waals surface area contributed by atoms with Crippen LogP contribution in [0.4, 0.5) is 11.4 Å². The summed E-state index contributed by atoms with van der Waals surface area (Å²) in [4.78, 5) is 22.4. The number of piperidine rings is 1. The fourth-order valence-corrected chi connectivity index (χ4v) is 5.54. The van der Waals surface area contributed by atoms with Crippen LogP contribution in [-0.4, -0.2) is 47.8 Å². The van der Waals surface area contributed by atoms with E-state index in [0.717, 1.165) is 24.3 Å². The maximum absolute atomic E-state index is 13.0. The highest BCUT2D eigenvalue weighted by atomic mass is 127. The van der Waals surface area contributed by atoms with E-state index in [4.69, 9.17) is 9.73 Å². The molecule has 6 nitrogen and oxygen atoms in total. The van der Waals surface area contributed by atoms with Crippen molar-refractivity contribution in [1.29, 1.82) is 0 Å². The predicted octanol–water partition coefficient (Wildman–Crippen LogP) is 5.62. The maximum atomic E-state index is 13.0. The molecule has 0 atom stereocenters. The van der Waals surface area contributed by atoms with E-state index in [1.807, 2.05) is 31.2 Å².